The number of aryl methyl sites for hydroxylation is 1. The molecule has 1 aliphatic rings. The monoisotopic (exact) mass is 338 g/mol. The van der Waals surface area contributed by atoms with Gasteiger partial charge in [-0.05, 0) is 38.8 Å². The van der Waals surface area contributed by atoms with Gasteiger partial charge < -0.3 is 14.0 Å². The van der Waals surface area contributed by atoms with Crippen molar-refractivity contribution in [2.45, 2.75) is 45.2 Å². The summed E-state index contributed by atoms with van der Waals surface area (Å²) in [5, 5.41) is 4.06. The number of pyridine rings is 1. The van der Waals surface area contributed by atoms with E-state index in [4.69, 9.17) is 4.52 Å². The zero-order valence-electron chi connectivity index (χ0n) is 14.8. The number of nitrogens with zero attached hydrogens (tertiary/aromatic N) is 6. The highest BCUT2D eigenvalue weighted by molar-refractivity contribution is 5.55. The van der Waals surface area contributed by atoms with Crippen LogP contribution in [0.2, 0.25) is 0 Å². The minimum absolute atomic E-state index is 0.305. The molecule has 25 heavy (non-hydrogen) atoms. The number of imidazole rings is 1. The molecule has 130 valence electrons. The zero-order valence-corrected chi connectivity index (χ0v) is 14.8. The van der Waals surface area contributed by atoms with Crippen LogP contribution in [-0.2, 0) is 13.6 Å². The lowest BCUT2D eigenvalue weighted by Gasteiger charge is -2.27. The van der Waals surface area contributed by atoms with Crippen LogP contribution in [0.4, 0.5) is 5.82 Å². The van der Waals surface area contributed by atoms with Gasteiger partial charge in [-0.1, -0.05) is 5.16 Å². The second-order valence-corrected chi connectivity index (χ2v) is 6.81. The Morgan fingerprint density at radius 2 is 2.12 bits per heavy atom. The number of hydrogen-bond acceptors (Lipinski definition) is 6. The first kappa shape index (κ1) is 15.8. The molecule has 3 aromatic rings. The minimum atomic E-state index is 0.305. The molecular weight excluding hydrogens is 316 g/mol. The SMILES string of the molecule is CC(C)N(Cc1nccn1C)c1ccc(-c2nc(C3CC3)no2)cn1. The number of hydrogen-bond donors (Lipinski definition) is 0. The fourth-order valence-electron chi connectivity index (χ4n) is 2.77. The van der Waals surface area contributed by atoms with E-state index in [0.717, 1.165) is 35.9 Å². The van der Waals surface area contributed by atoms with Gasteiger partial charge in [0.25, 0.3) is 5.89 Å². The highest BCUT2D eigenvalue weighted by Crippen LogP contribution is 2.38. The van der Waals surface area contributed by atoms with E-state index >= 15 is 0 Å². The van der Waals surface area contributed by atoms with Crippen LogP contribution in [0.25, 0.3) is 11.5 Å². The first-order valence-electron chi connectivity index (χ1n) is 8.64. The van der Waals surface area contributed by atoms with Crippen molar-refractivity contribution in [2.24, 2.45) is 7.05 Å². The highest BCUT2D eigenvalue weighted by atomic mass is 16.5. The third-order valence-corrected chi connectivity index (χ3v) is 4.53. The minimum Gasteiger partial charge on any atom is -0.347 e. The molecule has 0 N–H and O–H groups in total. The summed E-state index contributed by atoms with van der Waals surface area (Å²) in [7, 11) is 2.00. The molecule has 0 bridgehead atoms. The lowest BCUT2D eigenvalue weighted by atomic mass is 10.2. The number of aromatic nitrogens is 5. The molecule has 0 amide bonds. The van der Waals surface area contributed by atoms with E-state index in [1.807, 2.05) is 36.1 Å². The van der Waals surface area contributed by atoms with Gasteiger partial charge in [-0.2, -0.15) is 4.98 Å². The third-order valence-electron chi connectivity index (χ3n) is 4.53. The molecule has 7 nitrogen and oxygen atoms in total. The maximum atomic E-state index is 5.37. The summed E-state index contributed by atoms with van der Waals surface area (Å²) in [5.74, 6) is 3.76. The van der Waals surface area contributed by atoms with Crippen LogP contribution in [0.3, 0.4) is 0 Å². The third kappa shape index (κ3) is 3.26. The molecule has 3 heterocycles. The lowest BCUT2D eigenvalue weighted by molar-refractivity contribution is 0.422. The van der Waals surface area contributed by atoms with Crippen LogP contribution in [0.1, 0.15) is 44.3 Å². The molecular formula is C18H22N6O. The molecule has 0 atom stereocenters. The van der Waals surface area contributed by atoms with Crippen molar-refractivity contribution >= 4 is 5.82 Å². The lowest BCUT2D eigenvalue weighted by Crippen LogP contribution is -2.32. The predicted octanol–water partition coefficient (Wildman–Crippen LogP) is 3.16. The quantitative estimate of drug-likeness (QED) is 0.687. The van der Waals surface area contributed by atoms with Crippen molar-refractivity contribution in [3.8, 4) is 11.5 Å². The predicted molar refractivity (Wildman–Crippen MR) is 94.0 cm³/mol. The average Bonchev–Trinajstić information content (AvgIpc) is 3.20. The fourth-order valence-corrected chi connectivity index (χ4v) is 2.77. The maximum Gasteiger partial charge on any atom is 0.259 e. The van der Waals surface area contributed by atoms with Gasteiger partial charge >= 0.3 is 0 Å². The summed E-state index contributed by atoms with van der Waals surface area (Å²) in [6.45, 7) is 5.01. The summed E-state index contributed by atoms with van der Waals surface area (Å²) in [6.07, 6.45) is 7.89. The molecule has 1 saturated carbocycles. The Bertz CT molecular complexity index is 847. The number of rotatable bonds is 6. The molecule has 4 rings (SSSR count). The van der Waals surface area contributed by atoms with E-state index in [-0.39, 0.29) is 0 Å². The second kappa shape index (κ2) is 6.31. The van der Waals surface area contributed by atoms with Crippen molar-refractivity contribution in [1.29, 1.82) is 0 Å². The Kier molecular flexibility index (Phi) is 3.99. The second-order valence-electron chi connectivity index (χ2n) is 6.81. The van der Waals surface area contributed by atoms with E-state index < -0.39 is 0 Å². The Balaban J connectivity index is 1.55. The molecule has 1 aliphatic carbocycles. The maximum absolute atomic E-state index is 5.37. The Hall–Kier alpha value is -2.70. The first-order chi connectivity index (χ1) is 12.1. The first-order valence-corrected chi connectivity index (χ1v) is 8.64. The van der Waals surface area contributed by atoms with Crippen LogP contribution in [0.5, 0.6) is 0 Å². The van der Waals surface area contributed by atoms with E-state index in [0.29, 0.717) is 24.4 Å². The van der Waals surface area contributed by atoms with Crippen LogP contribution >= 0.6 is 0 Å². The summed E-state index contributed by atoms with van der Waals surface area (Å²) in [4.78, 5) is 15.7. The van der Waals surface area contributed by atoms with Crippen LogP contribution < -0.4 is 4.90 Å². The van der Waals surface area contributed by atoms with Crippen molar-refractivity contribution < 1.29 is 4.52 Å². The molecule has 3 aromatic heterocycles. The Morgan fingerprint density at radius 3 is 2.72 bits per heavy atom. The Morgan fingerprint density at radius 1 is 1.28 bits per heavy atom. The van der Waals surface area contributed by atoms with E-state index in [1.54, 1.807) is 6.20 Å². The van der Waals surface area contributed by atoms with Gasteiger partial charge in [0.2, 0.25) is 0 Å². The molecule has 1 fully saturated rings. The van der Waals surface area contributed by atoms with Crippen LogP contribution in [-0.4, -0.2) is 30.7 Å². The normalized spacial score (nSPS) is 14.2. The molecule has 0 radical (unpaired) electrons. The smallest absolute Gasteiger partial charge is 0.259 e. The fraction of sp³-hybridized carbons (Fsp3) is 0.444. The molecule has 0 aromatic carbocycles. The van der Waals surface area contributed by atoms with Crippen molar-refractivity contribution in [3.05, 3.63) is 42.4 Å². The average molecular weight is 338 g/mol. The van der Waals surface area contributed by atoms with Gasteiger partial charge in [-0.15, -0.1) is 0 Å². The summed E-state index contributed by atoms with van der Waals surface area (Å²) >= 11 is 0. The highest BCUT2D eigenvalue weighted by Gasteiger charge is 2.29. The van der Waals surface area contributed by atoms with Gasteiger partial charge in [-0.3, -0.25) is 0 Å². The van der Waals surface area contributed by atoms with E-state index in [9.17, 15) is 0 Å². The zero-order chi connectivity index (χ0) is 17.4. The van der Waals surface area contributed by atoms with Crippen molar-refractivity contribution in [3.63, 3.8) is 0 Å². The van der Waals surface area contributed by atoms with Crippen molar-refractivity contribution in [2.75, 3.05) is 4.90 Å². The summed E-state index contributed by atoms with van der Waals surface area (Å²) < 4.78 is 7.40. The molecule has 0 saturated heterocycles. The van der Waals surface area contributed by atoms with Crippen LogP contribution in [0, 0.1) is 0 Å². The molecule has 0 aliphatic heterocycles. The standard InChI is InChI=1S/C18H22N6O/c1-12(2)24(11-16-19-8-9-23(16)3)15-7-6-14(10-20-15)18-21-17(22-25-18)13-4-5-13/h6-10,12-13H,4-5,11H2,1-3H3. The van der Waals surface area contributed by atoms with E-state index in [2.05, 4.69) is 38.9 Å². The van der Waals surface area contributed by atoms with Gasteiger partial charge in [0.15, 0.2) is 5.82 Å². The van der Waals surface area contributed by atoms with Crippen molar-refractivity contribution in [1.82, 2.24) is 24.7 Å². The van der Waals surface area contributed by atoms with Gasteiger partial charge in [-0.25, -0.2) is 9.97 Å². The largest absolute Gasteiger partial charge is 0.347 e. The van der Waals surface area contributed by atoms with E-state index in [1.165, 1.54) is 0 Å². The molecule has 0 spiro atoms. The van der Waals surface area contributed by atoms with Crippen LogP contribution in [0.15, 0.2) is 35.2 Å². The van der Waals surface area contributed by atoms with Gasteiger partial charge in [0.05, 0.1) is 12.1 Å². The number of anilines is 1. The van der Waals surface area contributed by atoms with Gasteiger partial charge in [0, 0.05) is 37.6 Å². The Labute approximate surface area is 146 Å². The summed E-state index contributed by atoms with van der Waals surface area (Å²) in [6, 6.07) is 4.29. The molecule has 0 unspecified atom stereocenters. The topological polar surface area (TPSA) is 72.9 Å². The molecule has 7 heteroatoms. The van der Waals surface area contributed by atoms with Gasteiger partial charge in [0.1, 0.15) is 11.6 Å². The summed E-state index contributed by atoms with van der Waals surface area (Å²) in [5.41, 5.74) is 0.851.